The highest BCUT2D eigenvalue weighted by atomic mass is 16.2. The molecule has 3 heterocycles. The quantitative estimate of drug-likeness (QED) is 0.317. The number of hydrogen-bond donors (Lipinski definition) is 2. The SMILES string of the molecule is C[C@@H](NC(=O)c1c(N)nn2cccnc12)c1cc2cccc(/C=C/C3CCCC3)c2c(=O)n1-c1ccccc1. The summed E-state index contributed by atoms with van der Waals surface area (Å²) in [6.45, 7) is 1.86. The average molecular weight is 519 g/mol. The first kappa shape index (κ1) is 24.6. The zero-order chi connectivity index (χ0) is 26.9. The van der Waals surface area contributed by atoms with Crippen molar-refractivity contribution in [3.63, 3.8) is 0 Å². The lowest BCUT2D eigenvalue weighted by atomic mass is 10.0. The van der Waals surface area contributed by atoms with Gasteiger partial charge in [0, 0.05) is 23.8 Å². The van der Waals surface area contributed by atoms with Crippen molar-refractivity contribution in [2.45, 2.75) is 38.6 Å². The van der Waals surface area contributed by atoms with E-state index < -0.39 is 11.9 Å². The van der Waals surface area contributed by atoms with Crippen LogP contribution in [-0.4, -0.2) is 25.1 Å². The number of benzene rings is 2. The van der Waals surface area contributed by atoms with Crippen molar-refractivity contribution in [2.24, 2.45) is 5.92 Å². The number of allylic oxidation sites excluding steroid dienone is 1. The minimum absolute atomic E-state index is 0.0936. The molecule has 3 aromatic heterocycles. The number of pyridine rings is 1. The third-order valence-electron chi connectivity index (χ3n) is 7.51. The van der Waals surface area contributed by atoms with E-state index >= 15 is 0 Å². The Morgan fingerprint density at radius 1 is 1.10 bits per heavy atom. The second-order valence-corrected chi connectivity index (χ2v) is 10.1. The molecule has 6 rings (SSSR count). The molecule has 1 aliphatic carbocycles. The highest BCUT2D eigenvalue weighted by Gasteiger charge is 2.24. The van der Waals surface area contributed by atoms with Crippen molar-refractivity contribution >= 4 is 34.2 Å². The van der Waals surface area contributed by atoms with E-state index in [2.05, 4.69) is 27.6 Å². The molecule has 1 amide bonds. The Morgan fingerprint density at radius 3 is 2.69 bits per heavy atom. The summed E-state index contributed by atoms with van der Waals surface area (Å²) < 4.78 is 3.17. The average Bonchev–Trinajstić information content (AvgIpc) is 3.59. The molecule has 5 aromatic rings. The topological polar surface area (TPSA) is 107 Å². The van der Waals surface area contributed by atoms with E-state index in [1.165, 1.54) is 30.2 Å². The van der Waals surface area contributed by atoms with Gasteiger partial charge >= 0.3 is 0 Å². The maximum absolute atomic E-state index is 14.2. The number of nitrogens with one attached hydrogen (secondary N) is 1. The molecule has 0 unspecified atom stereocenters. The normalized spacial score (nSPS) is 14.9. The van der Waals surface area contributed by atoms with Gasteiger partial charge in [0.25, 0.3) is 11.5 Å². The van der Waals surface area contributed by atoms with Crippen LogP contribution >= 0.6 is 0 Å². The first-order chi connectivity index (χ1) is 19.0. The molecule has 1 atom stereocenters. The van der Waals surface area contributed by atoms with E-state index in [1.54, 1.807) is 23.0 Å². The Labute approximate surface area is 225 Å². The van der Waals surface area contributed by atoms with E-state index in [0.29, 0.717) is 22.6 Å². The van der Waals surface area contributed by atoms with Gasteiger partial charge in [-0.05, 0) is 60.9 Å². The highest BCUT2D eigenvalue weighted by Crippen LogP contribution is 2.28. The van der Waals surface area contributed by atoms with Crippen LogP contribution in [0.5, 0.6) is 0 Å². The first-order valence-electron chi connectivity index (χ1n) is 13.3. The zero-order valence-corrected chi connectivity index (χ0v) is 21.7. The van der Waals surface area contributed by atoms with Gasteiger partial charge in [0.15, 0.2) is 11.5 Å². The van der Waals surface area contributed by atoms with E-state index in [9.17, 15) is 9.59 Å². The van der Waals surface area contributed by atoms with E-state index in [-0.39, 0.29) is 16.9 Å². The minimum Gasteiger partial charge on any atom is -0.381 e. The Kier molecular flexibility index (Phi) is 6.44. The number of hydrogen-bond acceptors (Lipinski definition) is 5. The summed E-state index contributed by atoms with van der Waals surface area (Å²) in [5.41, 5.74) is 8.83. The molecule has 8 heteroatoms. The lowest BCUT2D eigenvalue weighted by Gasteiger charge is -2.21. The van der Waals surface area contributed by atoms with Crippen molar-refractivity contribution in [3.05, 3.63) is 106 Å². The molecule has 0 spiro atoms. The number of para-hydroxylation sites is 1. The van der Waals surface area contributed by atoms with Crippen LogP contribution in [0.1, 0.15) is 60.3 Å². The largest absolute Gasteiger partial charge is 0.381 e. The molecule has 0 saturated heterocycles. The van der Waals surface area contributed by atoms with Crippen LogP contribution in [-0.2, 0) is 0 Å². The van der Waals surface area contributed by atoms with Crippen molar-refractivity contribution in [1.82, 2.24) is 24.5 Å². The molecule has 0 radical (unpaired) electrons. The molecular weight excluding hydrogens is 488 g/mol. The molecule has 1 fully saturated rings. The van der Waals surface area contributed by atoms with Crippen LogP contribution in [0.3, 0.4) is 0 Å². The van der Waals surface area contributed by atoms with Gasteiger partial charge in [0.1, 0.15) is 5.56 Å². The van der Waals surface area contributed by atoms with Crippen LogP contribution in [0.25, 0.3) is 28.2 Å². The van der Waals surface area contributed by atoms with Gasteiger partial charge in [-0.3, -0.25) is 14.2 Å². The Morgan fingerprint density at radius 2 is 1.90 bits per heavy atom. The Balaban J connectivity index is 1.45. The fraction of sp³-hybridized carbons (Fsp3) is 0.226. The summed E-state index contributed by atoms with van der Waals surface area (Å²) in [4.78, 5) is 31.9. The summed E-state index contributed by atoms with van der Waals surface area (Å²) >= 11 is 0. The predicted octanol–water partition coefficient (Wildman–Crippen LogP) is 5.31. The van der Waals surface area contributed by atoms with Gasteiger partial charge in [-0.15, -0.1) is 5.10 Å². The van der Waals surface area contributed by atoms with E-state index in [1.807, 2.05) is 61.5 Å². The van der Waals surface area contributed by atoms with Gasteiger partial charge in [0.2, 0.25) is 0 Å². The molecule has 39 heavy (non-hydrogen) atoms. The molecule has 196 valence electrons. The van der Waals surface area contributed by atoms with Gasteiger partial charge in [0.05, 0.1) is 11.4 Å². The van der Waals surface area contributed by atoms with Crippen LogP contribution < -0.4 is 16.6 Å². The fourth-order valence-corrected chi connectivity index (χ4v) is 5.56. The third-order valence-corrected chi connectivity index (χ3v) is 7.51. The highest BCUT2D eigenvalue weighted by molar-refractivity contribution is 6.04. The van der Waals surface area contributed by atoms with Crippen molar-refractivity contribution in [1.29, 1.82) is 0 Å². The number of fused-ring (bicyclic) bond motifs is 2. The van der Waals surface area contributed by atoms with Crippen molar-refractivity contribution in [2.75, 3.05) is 5.73 Å². The number of rotatable bonds is 6. The van der Waals surface area contributed by atoms with Crippen LogP contribution in [0.2, 0.25) is 0 Å². The smallest absolute Gasteiger partial charge is 0.263 e. The van der Waals surface area contributed by atoms with Gasteiger partial charge in [-0.1, -0.05) is 61.4 Å². The molecule has 3 N–H and O–H groups in total. The molecular formula is C31H30N6O2. The second-order valence-electron chi connectivity index (χ2n) is 10.1. The van der Waals surface area contributed by atoms with Gasteiger partial charge in [-0.2, -0.15) is 0 Å². The summed E-state index contributed by atoms with van der Waals surface area (Å²) in [6, 6.07) is 18.6. The molecule has 0 aliphatic heterocycles. The molecule has 1 saturated carbocycles. The monoisotopic (exact) mass is 518 g/mol. The maximum atomic E-state index is 14.2. The third kappa shape index (κ3) is 4.58. The van der Waals surface area contributed by atoms with Gasteiger partial charge < -0.3 is 11.1 Å². The van der Waals surface area contributed by atoms with E-state index in [0.717, 1.165) is 16.6 Å². The fourth-order valence-electron chi connectivity index (χ4n) is 5.56. The summed E-state index contributed by atoms with van der Waals surface area (Å²) in [5, 5.41) is 8.71. The second kappa shape index (κ2) is 10.2. The Hall–Kier alpha value is -4.72. The van der Waals surface area contributed by atoms with E-state index in [4.69, 9.17) is 5.73 Å². The summed E-state index contributed by atoms with van der Waals surface area (Å²) in [6.07, 6.45) is 12.5. The number of nitrogens with two attached hydrogens (primary N) is 1. The Bertz CT molecular complexity index is 1760. The standard InChI is InChI=1S/C31H30N6O2/c1-20(34-30(38)27-28(32)35-36-18-8-17-33-29(27)36)25-19-23-12-7-11-22(16-15-21-9-5-6-10-21)26(23)31(39)37(25)24-13-3-2-4-14-24/h2-4,7-8,11-21H,5-6,9-10H2,1H3,(H2,32,35)(H,34,38)/b16-15+/t20-/m1/s1. The molecule has 1 aliphatic rings. The number of nitrogens with zero attached hydrogens (tertiary/aromatic N) is 4. The first-order valence-corrected chi connectivity index (χ1v) is 13.3. The number of nitrogen functional groups attached to an aromatic ring is 1. The summed E-state index contributed by atoms with van der Waals surface area (Å²) in [7, 11) is 0. The van der Waals surface area contributed by atoms with Gasteiger partial charge in [-0.25, -0.2) is 9.50 Å². The number of anilines is 1. The molecule has 2 aromatic carbocycles. The number of carbonyl (C=O) groups is 1. The van der Waals surface area contributed by atoms with Crippen LogP contribution in [0, 0.1) is 5.92 Å². The summed E-state index contributed by atoms with van der Waals surface area (Å²) in [5.74, 6) is 0.248. The number of amides is 1. The van der Waals surface area contributed by atoms with Crippen LogP contribution in [0.4, 0.5) is 5.82 Å². The van der Waals surface area contributed by atoms with Crippen molar-refractivity contribution < 1.29 is 4.79 Å². The number of aromatic nitrogens is 4. The minimum atomic E-state index is -0.523. The number of carbonyl (C=O) groups excluding carboxylic acids is 1. The lowest BCUT2D eigenvalue weighted by molar-refractivity contribution is 0.0941. The molecule has 8 nitrogen and oxygen atoms in total. The zero-order valence-electron chi connectivity index (χ0n) is 21.7. The lowest BCUT2D eigenvalue weighted by Crippen LogP contribution is -2.32. The molecule has 0 bridgehead atoms. The van der Waals surface area contributed by atoms with Crippen molar-refractivity contribution in [3.8, 4) is 5.69 Å². The predicted molar refractivity (Wildman–Crippen MR) is 154 cm³/mol. The van der Waals surface area contributed by atoms with Crippen LogP contribution in [0.15, 0.2) is 83.9 Å². The maximum Gasteiger partial charge on any atom is 0.263 e.